The van der Waals surface area contributed by atoms with Crippen LogP contribution in [0.2, 0.25) is 0 Å². The summed E-state index contributed by atoms with van der Waals surface area (Å²) in [5.41, 5.74) is 6.47. The Hall–Kier alpha value is -3.13. The van der Waals surface area contributed by atoms with E-state index in [9.17, 15) is 9.59 Å². The van der Waals surface area contributed by atoms with E-state index >= 15 is 0 Å². The van der Waals surface area contributed by atoms with E-state index in [0.717, 1.165) is 56.0 Å². The van der Waals surface area contributed by atoms with E-state index in [1.54, 1.807) is 0 Å². The van der Waals surface area contributed by atoms with Gasteiger partial charge >= 0.3 is 0 Å². The van der Waals surface area contributed by atoms with Crippen LogP contribution in [0.3, 0.4) is 0 Å². The van der Waals surface area contributed by atoms with Gasteiger partial charge in [-0.05, 0) is 92.2 Å². The summed E-state index contributed by atoms with van der Waals surface area (Å²) in [4.78, 5) is 28.7. The number of hydrogen-bond acceptors (Lipinski definition) is 4. The smallest absolute Gasteiger partial charge is 0.208 e. The highest BCUT2D eigenvalue weighted by Crippen LogP contribution is 2.66. The van der Waals surface area contributed by atoms with Crippen molar-refractivity contribution in [2.45, 2.75) is 77.2 Å². The number of rotatable bonds is 3. The molecule has 2 fully saturated rings. The first-order chi connectivity index (χ1) is 16.9. The van der Waals surface area contributed by atoms with Crippen molar-refractivity contribution in [1.82, 2.24) is 10.3 Å². The number of nitrogens with one attached hydrogen (secondary N) is 1. The number of nitrogens with zero attached hydrogens (tertiary/aromatic N) is 1. The van der Waals surface area contributed by atoms with Gasteiger partial charge in [0.1, 0.15) is 11.1 Å². The summed E-state index contributed by atoms with van der Waals surface area (Å²) >= 11 is 0. The third-order valence-electron chi connectivity index (χ3n) is 9.49. The minimum Gasteiger partial charge on any atom is -0.441 e. The molecular formula is C30H32N2O3. The topological polar surface area (TPSA) is 72.2 Å². The molecule has 5 atom stereocenters. The third-order valence-corrected chi connectivity index (χ3v) is 9.49. The van der Waals surface area contributed by atoms with Crippen molar-refractivity contribution in [2.24, 2.45) is 17.3 Å². The molecule has 0 spiro atoms. The molecule has 35 heavy (non-hydrogen) atoms. The van der Waals surface area contributed by atoms with Crippen molar-refractivity contribution in [3.63, 3.8) is 0 Å². The van der Waals surface area contributed by atoms with E-state index in [0.29, 0.717) is 24.1 Å². The standard InChI is InChI=1S/C30H32N2O3/c1-4-12-30(31-17-33)13-11-25-23-8-5-19-14-21(34)7-9-22(19)28(23)24(16-29(25,30)3)20-6-10-27-26(15-20)32-18(2)35-27/h6,10,14-15,17,23-25H,5,7-9,11,13,16H2,1-3H3,(H,31,33)/t23?,24-,25?,29+,30+/m1/s1. The van der Waals surface area contributed by atoms with Crippen LogP contribution in [0.5, 0.6) is 0 Å². The number of ketones is 1. The van der Waals surface area contributed by atoms with Gasteiger partial charge in [0.25, 0.3) is 0 Å². The molecule has 6 rings (SSSR count). The molecule has 5 heteroatoms. The zero-order valence-electron chi connectivity index (χ0n) is 20.7. The van der Waals surface area contributed by atoms with Gasteiger partial charge in [-0.25, -0.2) is 4.98 Å². The van der Waals surface area contributed by atoms with E-state index in [-0.39, 0.29) is 17.1 Å². The Labute approximate surface area is 206 Å². The number of benzene rings is 1. The fourth-order valence-electron chi connectivity index (χ4n) is 8.06. The molecule has 0 radical (unpaired) electrons. The third kappa shape index (κ3) is 3.19. The summed E-state index contributed by atoms with van der Waals surface area (Å²) in [5, 5.41) is 3.21. The molecule has 4 aliphatic rings. The maximum absolute atomic E-state index is 12.3. The highest BCUT2D eigenvalue weighted by atomic mass is 16.3. The molecular weight excluding hydrogens is 436 g/mol. The van der Waals surface area contributed by atoms with Crippen molar-refractivity contribution in [2.75, 3.05) is 0 Å². The number of aryl methyl sites for hydroxylation is 1. The Morgan fingerprint density at radius 1 is 1.23 bits per heavy atom. The minimum atomic E-state index is -0.518. The van der Waals surface area contributed by atoms with Gasteiger partial charge in [0.2, 0.25) is 6.41 Å². The summed E-state index contributed by atoms with van der Waals surface area (Å²) in [6.07, 6.45) is 9.05. The van der Waals surface area contributed by atoms with Crippen molar-refractivity contribution in [3.8, 4) is 11.8 Å². The average molecular weight is 469 g/mol. The zero-order chi connectivity index (χ0) is 24.4. The van der Waals surface area contributed by atoms with Crippen LogP contribution >= 0.6 is 0 Å². The fraction of sp³-hybridized carbons (Fsp3) is 0.500. The monoisotopic (exact) mass is 468 g/mol. The highest BCUT2D eigenvalue weighted by molar-refractivity contribution is 5.93. The molecule has 1 heterocycles. The lowest BCUT2D eigenvalue weighted by atomic mass is 9.50. The predicted molar refractivity (Wildman–Crippen MR) is 134 cm³/mol. The second-order valence-electron chi connectivity index (χ2n) is 11.0. The van der Waals surface area contributed by atoms with Gasteiger partial charge in [-0.2, -0.15) is 0 Å². The zero-order valence-corrected chi connectivity index (χ0v) is 20.7. The van der Waals surface area contributed by atoms with Gasteiger partial charge in [0, 0.05) is 24.7 Å². The van der Waals surface area contributed by atoms with E-state index in [1.165, 1.54) is 22.3 Å². The van der Waals surface area contributed by atoms with Crippen molar-refractivity contribution in [1.29, 1.82) is 0 Å². The molecule has 2 saturated carbocycles. The van der Waals surface area contributed by atoms with E-state index in [1.807, 2.05) is 26.0 Å². The largest absolute Gasteiger partial charge is 0.441 e. The van der Waals surface area contributed by atoms with Gasteiger partial charge in [-0.15, -0.1) is 5.92 Å². The molecule has 180 valence electrons. The first-order valence-corrected chi connectivity index (χ1v) is 12.9. The van der Waals surface area contributed by atoms with E-state index in [2.05, 4.69) is 41.2 Å². The second-order valence-corrected chi connectivity index (χ2v) is 11.0. The van der Waals surface area contributed by atoms with Crippen LogP contribution in [0.4, 0.5) is 0 Å². The summed E-state index contributed by atoms with van der Waals surface area (Å²) in [6.45, 7) is 6.11. The first-order valence-electron chi connectivity index (χ1n) is 12.9. The van der Waals surface area contributed by atoms with Gasteiger partial charge in [-0.3, -0.25) is 9.59 Å². The van der Waals surface area contributed by atoms with E-state index < -0.39 is 5.54 Å². The minimum absolute atomic E-state index is 0.156. The fourth-order valence-corrected chi connectivity index (χ4v) is 8.06. The van der Waals surface area contributed by atoms with Crippen LogP contribution in [0.25, 0.3) is 11.1 Å². The summed E-state index contributed by atoms with van der Waals surface area (Å²) in [6, 6.07) is 6.42. The lowest BCUT2D eigenvalue weighted by Crippen LogP contribution is -2.58. The molecule has 1 amide bonds. The average Bonchev–Trinajstić information content (AvgIpc) is 3.34. The molecule has 2 aromatic rings. The van der Waals surface area contributed by atoms with E-state index in [4.69, 9.17) is 4.42 Å². The van der Waals surface area contributed by atoms with Crippen LogP contribution in [0.15, 0.2) is 45.4 Å². The number of oxazole rings is 1. The van der Waals surface area contributed by atoms with Gasteiger partial charge in [0.15, 0.2) is 17.3 Å². The molecule has 2 unspecified atom stereocenters. The Kier molecular flexibility index (Phi) is 5.07. The highest BCUT2D eigenvalue weighted by Gasteiger charge is 2.63. The van der Waals surface area contributed by atoms with Crippen LogP contribution in [0.1, 0.15) is 76.2 Å². The van der Waals surface area contributed by atoms with Crippen LogP contribution in [0, 0.1) is 36.0 Å². The lowest BCUT2D eigenvalue weighted by Gasteiger charge is -2.55. The van der Waals surface area contributed by atoms with Crippen molar-refractivity contribution >= 4 is 23.3 Å². The molecule has 0 bridgehead atoms. The molecule has 5 nitrogen and oxygen atoms in total. The maximum Gasteiger partial charge on any atom is 0.208 e. The molecule has 1 aromatic heterocycles. The van der Waals surface area contributed by atoms with Gasteiger partial charge < -0.3 is 9.73 Å². The molecule has 4 aliphatic carbocycles. The number of amides is 1. The molecule has 0 aliphatic heterocycles. The first kappa shape index (κ1) is 22.3. The predicted octanol–water partition coefficient (Wildman–Crippen LogP) is 5.54. The van der Waals surface area contributed by atoms with Gasteiger partial charge in [-0.1, -0.05) is 24.5 Å². The number of fused-ring (bicyclic) bond motifs is 5. The van der Waals surface area contributed by atoms with Crippen molar-refractivity contribution in [3.05, 3.63) is 52.4 Å². The molecule has 1 N–H and O–H groups in total. The lowest BCUT2D eigenvalue weighted by molar-refractivity contribution is -0.115. The number of carbonyl (C=O) groups is 2. The summed E-state index contributed by atoms with van der Waals surface area (Å²) in [5.74, 6) is 8.62. The normalized spacial score (nSPS) is 33.9. The number of allylic oxidation sites excluding steroid dienone is 4. The van der Waals surface area contributed by atoms with Crippen LogP contribution in [-0.2, 0) is 9.59 Å². The quantitative estimate of drug-likeness (QED) is 0.474. The number of carbonyl (C=O) groups excluding carboxylic acids is 2. The maximum atomic E-state index is 12.3. The number of aromatic nitrogens is 1. The number of hydrogen-bond donors (Lipinski definition) is 1. The molecule has 1 aromatic carbocycles. The van der Waals surface area contributed by atoms with Crippen LogP contribution in [-0.4, -0.2) is 22.7 Å². The molecule has 0 saturated heterocycles. The summed E-state index contributed by atoms with van der Waals surface area (Å²) < 4.78 is 5.76. The summed E-state index contributed by atoms with van der Waals surface area (Å²) in [7, 11) is 0. The Morgan fingerprint density at radius 2 is 2.09 bits per heavy atom. The SMILES string of the molecule is CC#C[C@]1(NC=O)CCC2C3CCC4=CC(=O)CCC4=C3[C@@H](c3ccc4oc(C)nc4c3)C[C@@]21C. The Balaban J connectivity index is 1.56. The van der Waals surface area contributed by atoms with Crippen LogP contribution < -0.4 is 5.32 Å². The second kappa shape index (κ2) is 7.95. The Bertz CT molecular complexity index is 1370. The van der Waals surface area contributed by atoms with Crippen molar-refractivity contribution < 1.29 is 14.0 Å². The Morgan fingerprint density at radius 3 is 2.89 bits per heavy atom. The van der Waals surface area contributed by atoms with Gasteiger partial charge in [0.05, 0.1) is 0 Å².